The molecule has 0 radical (unpaired) electrons. The molecule has 3 amide bonds. The quantitative estimate of drug-likeness (QED) is 0.325. The van der Waals surface area contributed by atoms with Crippen LogP contribution in [0.5, 0.6) is 0 Å². The number of nitrogens with two attached hydrogens (primary N) is 3. The first-order chi connectivity index (χ1) is 16.4. The number of hydrogen-bond donors (Lipinski definition) is 5. The van der Waals surface area contributed by atoms with Crippen LogP contribution in [0.3, 0.4) is 0 Å². The van der Waals surface area contributed by atoms with E-state index in [0.717, 1.165) is 0 Å². The van der Waals surface area contributed by atoms with Gasteiger partial charge in [0.1, 0.15) is 11.6 Å². The normalized spacial score (nSPS) is 24.9. The fraction of sp³-hybridized carbons (Fsp3) is 0.619. The van der Waals surface area contributed by atoms with Crippen LogP contribution in [0.1, 0.15) is 45.6 Å². The SMILES string of the molecule is CC(=O)N[C@H](CC(N)=O)C(=O)N1CCC2(CC1)C[C@@](C)(O)[C@H](n1cnc3c(N)nc(N)nc31)CO2. The summed E-state index contributed by atoms with van der Waals surface area (Å²) in [7, 11) is 0. The number of nitrogens with zero attached hydrogens (tertiary/aromatic N) is 5. The van der Waals surface area contributed by atoms with Gasteiger partial charge in [0, 0.05) is 26.4 Å². The van der Waals surface area contributed by atoms with E-state index in [4.69, 9.17) is 21.9 Å². The molecule has 2 saturated heterocycles. The largest absolute Gasteiger partial charge is 0.388 e. The first-order valence-corrected chi connectivity index (χ1v) is 11.4. The van der Waals surface area contributed by atoms with Crippen LogP contribution < -0.4 is 22.5 Å². The van der Waals surface area contributed by atoms with E-state index in [1.54, 1.807) is 16.4 Å². The number of imidazole rings is 1. The van der Waals surface area contributed by atoms with Crippen LogP contribution in [-0.4, -0.2) is 84.2 Å². The molecule has 8 N–H and O–H groups in total. The molecule has 0 bridgehead atoms. The molecule has 3 atom stereocenters. The monoisotopic (exact) mass is 489 g/mol. The third-order valence-electron chi connectivity index (χ3n) is 6.81. The van der Waals surface area contributed by atoms with E-state index in [9.17, 15) is 19.5 Å². The first-order valence-electron chi connectivity index (χ1n) is 11.4. The number of nitrogen functional groups attached to an aromatic ring is 2. The van der Waals surface area contributed by atoms with Gasteiger partial charge < -0.3 is 41.8 Å². The fourth-order valence-corrected chi connectivity index (χ4v) is 5.14. The van der Waals surface area contributed by atoms with Crippen molar-refractivity contribution in [3.05, 3.63) is 6.33 Å². The van der Waals surface area contributed by atoms with Crippen LogP contribution in [0.15, 0.2) is 6.33 Å². The Morgan fingerprint density at radius 3 is 2.57 bits per heavy atom. The smallest absolute Gasteiger partial charge is 0.245 e. The van der Waals surface area contributed by atoms with Crippen LogP contribution in [0, 0.1) is 0 Å². The first kappa shape index (κ1) is 24.6. The molecule has 190 valence electrons. The molecule has 2 aromatic heterocycles. The van der Waals surface area contributed by atoms with Gasteiger partial charge in [-0.25, -0.2) is 4.98 Å². The number of anilines is 2. The zero-order valence-electron chi connectivity index (χ0n) is 19.7. The zero-order valence-corrected chi connectivity index (χ0v) is 19.7. The highest BCUT2D eigenvalue weighted by Crippen LogP contribution is 2.44. The van der Waals surface area contributed by atoms with Gasteiger partial charge in [-0.15, -0.1) is 0 Å². The summed E-state index contributed by atoms with van der Waals surface area (Å²) in [5.41, 5.74) is 15.9. The molecule has 2 aliphatic rings. The summed E-state index contributed by atoms with van der Waals surface area (Å²) in [6.07, 6.45) is 2.55. The molecule has 14 nitrogen and oxygen atoms in total. The summed E-state index contributed by atoms with van der Waals surface area (Å²) in [6.45, 7) is 3.90. The van der Waals surface area contributed by atoms with Crippen LogP contribution in [0.25, 0.3) is 11.2 Å². The van der Waals surface area contributed by atoms with Crippen molar-refractivity contribution in [2.24, 2.45) is 5.73 Å². The Kier molecular flexibility index (Phi) is 6.27. The number of nitrogens with one attached hydrogen (secondary N) is 1. The molecule has 0 saturated carbocycles. The van der Waals surface area contributed by atoms with Crippen molar-refractivity contribution < 1.29 is 24.2 Å². The maximum atomic E-state index is 12.9. The number of aliphatic hydroxyl groups is 1. The minimum Gasteiger partial charge on any atom is -0.388 e. The second kappa shape index (κ2) is 8.92. The van der Waals surface area contributed by atoms with Gasteiger partial charge >= 0.3 is 0 Å². The van der Waals surface area contributed by atoms with E-state index in [2.05, 4.69) is 20.3 Å². The highest BCUT2D eigenvalue weighted by molar-refractivity contribution is 5.91. The zero-order chi connectivity index (χ0) is 25.5. The predicted molar refractivity (Wildman–Crippen MR) is 124 cm³/mol. The Morgan fingerprint density at radius 1 is 1.29 bits per heavy atom. The van der Waals surface area contributed by atoms with Crippen molar-refractivity contribution in [2.75, 3.05) is 31.2 Å². The maximum Gasteiger partial charge on any atom is 0.245 e. The molecular formula is C21H31N9O5. The summed E-state index contributed by atoms with van der Waals surface area (Å²) in [5.74, 6) is -1.30. The van der Waals surface area contributed by atoms with E-state index >= 15 is 0 Å². The molecule has 35 heavy (non-hydrogen) atoms. The molecule has 14 heteroatoms. The van der Waals surface area contributed by atoms with Crippen molar-refractivity contribution >= 4 is 40.7 Å². The molecule has 4 heterocycles. The Morgan fingerprint density at radius 2 is 1.97 bits per heavy atom. The van der Waals surface area contributed by atoms with E-state index in [1.807, 2.05) is 0 Å². The number of ether oxygens (including phenoxy) is 1. The summed E-state index contributed by atoms with van der Waals surface area (Å²) in [4.78, 5) is 49.8. The lowest BCUT2D eigenvalue weighted by Crippen LogP contribution is -2.59. The molecule has 2 aromatic rings. The Hall–Kier alpha value is -3.52. The molecule has 2 fully saturated rings. The molecule has 1 spiro atoms. The second-order valence-electron chi connectivity index (χ2n) is 9.58. The molecule has 4 rings (SSSR count). The number of rotatable bonds is 5. The van der Waals surface area contributed by atoms with Crippen LogP contribution in [0.4, 0.5) is 11.8 Å². The summed E-state index contributed by atoms with van der Waals surface area (Å²) >= 11 is 0. The van der Waals surface area contributed by atoms with E-state index in [1.165, 1.54) is 13.3 Å². The molecule has 0 unspecified atom stereocenters. The molecule has 0 aromatic carbocycles. The highest BCUT2D eigenvalue weighted by atomic mass is 16.5. The lowest BCUT2D eigenvalue weighted by Gasteiger charge is -2.51. The van der Waals surface area contributed by atoms with Gasteiger partial charge in [-0.3, -0.25) is 14.4 Å². The summed E-state index contributed by atoms with van der Waals surface area (Å²) < 4.78 is 8.01. The summed E-state index contributed by atoms with van der Waals surface area (Å²) in [6, 6.07) is -1.50. The van der Waals surface area contributed by atoms with Crippen molar-refractivity contribution in [2.45, 2.75) is 62.8 Å². The number of carbonyl (C=O) groups is 3. The number of aromatic nitrogens is 4. The third kappa shape index (κ3) is 4.84. The number of primary amides is 1. The minimum atomic E-state index is -1.18. The summed E-state index contributed by atoms with van der Waals surface area (Å²) in [5, 5.41) is 14.0. The number of likely N-dealkylation sites (tertiary alicyclic amines) is 1. The highest BCUT2D eigenvalue weighted by Gasteiger charge is 2.50. The average Bonchev–Trinajstić information content (AvgIpc) is 3.16. The van der Waals surface area contributed by atoms with Gasteiger partial charge in [0.15, 0.2) is 11.5 Å². The standard InChI is InChI=1S/C21H31N9O5/c1-11(31)26-12(7-14(22)32)18(33)29-5-3-21(4-6-29)9-20(2,34)13(8-35-21)30-10-25-15-16(23)27-19(24)28-17(15)30/h10,12-13,34H,3-9H2,1-2H3,(H2,22,32)(H,26,31)(H4,23,24,27,28)/t12-,13-,20-/m1/s1. The van der Waals surface area contributed by atoms with Crippen molar-refractivity contribution in [3.8, 4) is 0 Å². The van der Waals surface area contributed by atoms with Gasteiger partial charge in [0.2, 0.25) is 23.7 Å². The maximum absolute atomic E-state index is 12.9. The second-order valence-corrected chi connectivity index (χ2v) is 9.58. The Balaban J connectivity index is 1.46. The van der Waals surface area contributed by atoms with Crippen LogP contribution in [-0.2, 0) is 19.1 Å². The third-order valence-corrected chi connectivity index (χ3v) is 6.81. The van der Waals surface area contributed by atoms with Gasteiger partial charge in [-0.1, -0.05) is 0 Å². The predicted octanol–water partition coefficient (Wildman–Crippen LogP) is -1.56. The number of amides is 3. The lowest BCUT2D eigenvalue weighted by atomic mass is 9.75. The Labute approximate surface area is 201 Å². The number of piperidine rings is 1. The molecular weight excluding hydrogens is 458 g/mol. The van der Waals surface area contributed by atoms with Crippen LogP contribution in [0.2, 0.25) is 0 Å². The number of fused-ring (bicyclic) bond motifs is 1. The van der Waals surface area contributed by atoms with Crippen molar-refractivity contribution in [1.82, 2.24) is 29.7 Å². The van der Waals surface area contributed by atoms with Crippen LogP contribution >= 0.6 is 0 Å². The van der Waals surface area contributed by atoms with E-state index in [0.29, 0.717) is 43.5 Å². The van der Waals surface area contributed by atoms with Gasteiger partial charge in [-0.05, 0) is 19.8 Å². The molecule has 0 aliphatic carbocycles. The Bertz CT molecular complexity index is 1140. The molecule has 2 aliphatic heterocycles. The van der Waals surface area contributed by atoms with Gasteiger partial charge in [-0.2, -0.15) is 9.97 Å². The fourth-order valence-electron chi connectivity index (χ4n) is 5.14. The van der Waals surface area contributed by atoms with E-state index < -0.39 is 35.1 Å². The number of carbonyl (C=O) groups excluding carboxylic acids is 3. The van der Waals surface area contributed by atoms with Gasteiger partial charge in [0.05, 0.1) is 36.6 Å². The van der Waals surface area contributed by atoms with Crippen molar-refractivity contribution in [3.63, 3.8) is 0 Å². The minimum absolute atomic E-state index is 0.00975. The average molecular weight is 490 g/mol. The lowest BCUT2D eigenvalue weighted by molar-refractivity contribution is -0.197. The van der Waals surface area contributed by atoms with Gasteiger partial charge in [0.25, 0.3) is 0 Å². The van der Waals surface area contributed by atoms with Crippen molar-refractivity contribution in [1.29, 1.82) is 0 Å². The van der Waals surface area contributed by atoms with E-state index in [-0.39, 0.29) is 30.7 Å². The number of hydrogen-bond acceptors (Lipinski definition) is 10. The topological polar surface area (TPSA) is 218 Å².